The molecule has 1 aliphatic heterocycles. The average molecular weight is 323 g/mol. The van der Waals surface area contributed by atoms with E-state index in [1.54, 1.807) is 0 Å². The van der Waals surface area contributed by atoms with Crippen LogP contribution in [0.3, 0.4) is 0 Å². The van der Waals surface area contributed by atoms with Crippen LogP contribution >= 0.6 is 0 Å². The van der Waals surface area contributed by atoms with Gasteiger partial charge in [-0.1, -0.05) is 44.2 Å². The molecule has 0 radical (unpaired) electrons. The lowest BCUT2D eigenvalue weighted by Gasteiger charge is -2.24. The van der Waals surface area contributed by atoms with Gasteiger partial charge in [-0.05, 0) is 37.3 Å². The number of rotatable bonds is 5. The third-order valence-electron chi connectivity index (χ3n) is 4.31. The summed E-state index contributed by atoms with van der Waals surface area (Å²) < 4.78 is 0. The van der Waals surface area contributed by atoms with Crippen LogP contribution in [-0.4, -0.2) is 28.0 Å². The van der Waals surface area contributed by atoms with Gasteiger partial charge in [0.05, 0.1) is 0 Å². The van der Waals surface area contributed by atoms with Crippen molar-refractivity contribution in [3.8, 4) is 0 Å². The molecular formula is C19H25N5. The van der Waals surface area contributed by atoms with Crippen molar-refractivity contribution in [2.24, 2.45) is 0 Å². The summed E-state index contributed by atoms with van der Waals surface area (Å²) in [6, 6.07) is 6.44. The molecule has 2 aromatic rings. The van der Waals surface area contributed by atoms with Crippen LogP contribution in [0.15, 0.2) is 30.4 Å². The topological polar surface area (TPSA) is 53.9 Å². The minimum absolute atomic E-state index is 0.627. The summed E-state index contributed by atoms with van der Waals surface area (Å²) >= 11 is 0. The van der Waals surface area contributed by atoms with Gasteiger partial charge < -0.3 is 10.2 Å². The summed E-state index contributed by atoms with van der Waals surface area (Å²) in [5, 5.41) is 3.46. The predicted octanol–water partition coefficient (Wildman–Crippen LogP) is 3.81. The molecule has 0 saturated carbocycles. The van der Waals surface area contributed by atoms with Crippen LogP contribution in [0.5, 0.6) is 0 Å². The van der Waals surface area contributed by atoms with Gasteiger partial charge in [-0.3, -0.25) is 0 Å². The van der Waals surface area contributed by atoms with E-state index in [1.807, 2.05) is 6.92 Å². The first-order chi connectivity index (χ1) is 11.7. The molecule has 5 heteroatoms. The van der Waals surface area contributed by atoms with Crippen molar-refractivity contribution < 1.29 is 0 Å². The number of hydrogen-bond acceptors (Lipinski definition) is 5. The summed E-state index contributed by atoms with van der Waals surface area (Å²) in [6.07, 6.45) is 7.35. The molecule has 126 valence electrons. The van der Waals surface area contributed by atoms with E-state index >= 15 is 0 Å². The summed E-state index contributed by atoms with van der Waals surface area (Å²) in [6.45, 7) is 8.07. The van der Waals surface area contributed by atoms with Gasteiger partial charge in [-0.25, -0.2) is 0 Å². The van der Waals surface area contributed by atoms with Crippen molar-refractivity contribution in [3.05, 3.63) is 47.3 Å². The first-order valence-corrected chi connectivity index (χ1v) is 8.71. The Bertz CT molecular complexity index is 716. The highest BCUT2D eigenvalue weighted by atomic mass is 15.3. The Labute approximate surface area is 143 Å². The molecule has 5 nitrogen and oxygen atoms in total. The first-order valence-electron chi connectivity index (χ1n) is 8.71. The monoisotopic (exact) mass is 323 g/mol. The van der Waals surface area contributed by atoms with Crippen LogP contribution in [0.4, 0.5) is 17.6 Å². The Balaban J connectivity index is 1.93. The Morgan fingerprint density at radius 3 is 2.42 bits per heavy atom. The second-order valence-corrected chi connectivity index (χ2v) is 6.00. The number of nitrogens with one attached hydrogen (secondary N) is 1. The number of anilines is 3. The third kappa shape index (κ3) is 3.55. The van der Waals surface area contributed by atoms with Crippen molar-refractivity contribution in [1.82, 2.24) is 15.0 Å². The molecule has 0 bridgehead atoms. The van der Waals surface area contributed by atoms with E-state index in [0.29, 0.717) is 5.95 Å². The zero-order chi connectivity index (χ0) is 16.9. The zero-order valence-corrected chi connectivity index (χ0v) is 14.7. The lowest BCUT2D eigenvalue weighted by atomic mass is 10.0. The number of nitrogens with zero attached hydrogens (tertiary/aromatic N) is 4. The van der Waals surface area contributed by atoms with Crippen LogP contribution < -0.4 is 10.2 Å². The Morgan fingerprint density at radius 2 is 1.79 bits per heavy atom. The molecule has 1 aliphatic rings. The molecule has 0 atom stereocenters. The normalized spacial score (nSPS) is 14.0. The summed E-state index contributed by atoms with van der Waals surface area (Å²) in [5.41, 5.74) is 3.71. The fourth-order valence-electron chi connectivity index (χ4n) is 3.00. The van der Waals surface area contributed by atoms with Crippen molar-refractivity contribution in [3.63, 3.8) is 0 Å². The Kier molecular flexibility index (Phi) is 5.08. The summed E-state index contributed by atoms with van der Waals surface area (Å²) in [5.74, 6) is 2.12. The fraction of sp³-hybridized carbons (Fsp3) is 0.421. The van der Waals surface area contributed by atoms with E-state index in [1.165, 1.54) is 11.1 Å². The lowest BCUT2D eigenvalue weighted by molar-refractivity contribution is 0.775. The smallest absolute Gasteiger partial charge is 0.232 e. The minimum atomic E-state index is 0.627. The molecule has 0 fully saturated rings. The van der Waals surface area contributed by atoms with Gasteiger partial charge in [-0.15, -0.1) is 0 Å². The highest BCUT2D eigenvalue weighted by Gasteiger charge is 2.14. The first kappa shape index (κ1) is 16.4. The van der Waals surface area contributed by atoms with Crippen molar-refractivity contribution >= 4 is 17.6 Å². The van der Waals surface area contributed by atoms with Crippen LogP contribution in [-0.2, 0) is 12.8 Å². The maximum atomic E-state index is 4.66. The van der Waals surface area contributed by atoms with Gasteiger partial charge in [0, 0.05) is 18.8 Å². The number of benzene rings is 1. The van der Waals surface area contributed by atoms with E-state index in [9.17, 15) is 0 Å². The van der Waals surface area contributed by atoms with Crippen molar-refractivity contribution in [2.75, 3.05) is 23.3 Å². The van der Waals surface area contributed by atoms with Gasteiger partial charge in [0.2, 0.25) is 11.9 Å². The van der Waals surface area contributed by atoms with E-state index in [-0.39, 0.29) is 0 Å². The highest BCUT2D eigenvalue weighted by molar-refractivity contribution is 5.64. The molecule has 2 heterocycles. The van der Waals surface area contributed by atoms with Gasteiger partial charge >= 0.3 is 0 Å². The third-order valence-corrected chi connectivity index (χ3v) is 4.31. The summed E-state index contributed by atoms with van der Waals surface area (Å²) in [7, 11) is 0. The molecule has 1 aromatic carbocycles. The number of para-hydroxylation sites is 1. The molecule has 24 heavy (non-hydrogen) atoms. The van der Waals surface area contributed by atoms with Gasteiger partial charge in [0.15, 0.2) is 0 Å². The quantitative estimate of drug-likeness (QED) is 0.848. The minimum Gasteiger partial charge on any atom is -0.337 e. The molecule has 1 N–H and O–H groups in total. The maximum Gasteiger partial charge on any atom is 0.232 e. The van der Waals surface area contributed by atoms with E-state index < -0.39 is 0 Å². The lowest BCUT2D eigenvalue weighted by Crippen LogP contribution is -2.29. The van der Waals surface area contributed by atoms with Gasteiger partial charge in [-0.2, -0.15) is 15.0 Å². The van der Waals surface area contributed by atoms with Crippen molar-refractivity contribution in [2.45, 2.75) is 40.0 Å². The van der Waals surface area contributed by atoms with Crippen LogP contribution in [0.25, 0.3) is 0 Å². The van der Waals surface area contributed by atoms with Gasteiger partial charge in [0.1, 0.15) is 5.82 Å². The van der Waals surface area contributed by atoms with Crippen LogP contribution in [0.2, 0.25) is 0 Å². The van der Waals surface area contributed by atoms with E-state index in [2.05, 4.69) is 69.4 Å². The molecule has 0 spiro atoms. The number of aromatic nitrogens is 3. The van der Waals surface area contributed by atoms with Crippen LogP contribution in [0, 0.1) is 6.92 Å². The van der Waals surface area contributed by atoms with E-state index in [4.69, 9.17) is 0 Å². The second-order valence-electron chi connectivity index (χ2n) is 6.00. The average Bonchev–Trinajstić information content (AvgIpc) is 2.62. The standard InChI is InChI=1S/C19H25N5/c1-4-15-10-9-11-16(5-2)17(15)22-18-20-14(3)21-19(23-18)24-12-7-6-8-13-24/h6-7,9-11H,4-5,8,12-13H2,1-3H3,(H,20,21,22,23). The summed E-state index contributed by atoms with van der Waals surface area (Å²) in [4.78, 5) is 15.9. The molecule has 0 saturated heterocycles. The molecular weight excluding hydrogens is 298 g/mol. The molecule has 0 amide bonds. The SMILES string of the molecule is CCc1cccc(CC)c1Nc1nc(C)nc(N2CC=CCC2)n1. The number of aryl methyl sites for hydroxylation is 3. The molecule has 0 unspecified atom stereocenters. The van der Waals surface area contributed by atoms with Crippen molar-refractivity contribution in [1.29, 1.82) is 0 Å². The highest BCUT2D eigenvalue weighted by Crippen LogP contribution is 2.26. The molecule has 1 aromatic heterocycles. The molecule has 0 aliphatic carbocycles. The second kappa shape index (κ2) is 7.43. The van der Waals surface area contributed by atoms with E-state index in [0.717, 1.165) is 49.8 Å². The maximum absolute atomic E-state index is 4.66. The van der Waals surface area contributed by atoms with Gasteiger partial charge in [0.25, 0.3) is 0 Å². The van der Waals surface area contributed by atoms with Crippen LogP contribution in [0.1, 0.15) is 37.2 Å². The number of hydrogen-bond donors (Lipinski definition) is 1. The fourth-order valence-corrected chi connectivity index (χ4v) is 3.00. The largest absolute Gasteiger partial charge is 0.337 e. The Hall–Kier alpha value is -2.43. The Morgan fingerprint density at radius 1 is 1.04 bits per heavy atom. The molecule has 3 rings (SSSR count). The predicted molar refractivity (Wildman–Crippen MR) is 99.0 cm³/mol. The zero-order valence-electron chi connectivity index (χ0n) is 14.7.